The molecule has 1 aromatic carbocycles. The van der Waals surface area contributed by atoms with E-state index in [1.165, 1.54) is 49.6 Å². The van der Waals surface area contributed by atoms with E-state index in [2.05, 4.69) is 11.4 Å². The van der Waals surface area contributed by atoms with Gasteiger partial charge in [0.2, 0.25) is 10.0 Å². The normalized spacial score (nSPS) is 15.7. The van der Waals surface area contributed by atoms with Gasteiger partial charge in [0.05, 0.1) is 10.5 Å². The van der Waals surface area contributed by atoms with Crippen LogP contribution in [-0.4, -0.2) is 32.9 Å². The third kappa shape index (κ3) is 5.96. The quantitative estimate of drug-likeness (QED) is 0.553. The van der Waals surface area contributed by atoms with Gasteiger partial charge in [-0.15, -0.1) is 0 Å². The van der Waals surface area contributed by atoms with E-state index in [-0.39, 0.29) is 16.4 Å². The summed E-state index contributed by atoms with van der Waals surface area (Å²) >= 11 is 0. The zero-order chi connectivity index (χ0) is 19.2. The smallest absolute Gasteiger partial charge is 0.338 e. The second-order valence-corrected chi connectivity index (χ2v) is 7.83. The zero-order valence-electron chi connectivity index (χ0n) is 14.7. The van der Waals surface area contributed by atoms with Crippen molar-refractivity contribution in [2.45, 2.75) is 50.0 Å². The molecule has 3 N–H and O–H groups in total. The number of carbonyl (C=O) groups excluding carboxylic acids is 2. The number of primary sulfonamides is 1. The summed E-state index contributed by atoms with van der Waals surface area (Å²) in [6, 6.07) is 5.02. The van der Waals surface area contributed by atoms with Crippen molar-refractivity contribution in [3.8, 4) is 0 Å². The number of carbonyl (C=O) groups is 2. The van der Waals surface area contributed by atoms with Gasteiger partial charge in [-0.1, -0.05) is 11.6 Å². The molecule has 7 nitrogen and oxygen atoms in total. The lowest BCUT2D eigenvalue weighted by molar-refractivity contribution is -0.129. The summed E-state index contributed by atoms with van der Waals surface area (Å²) in [5, 5.41) is 7.77. The molecule has 0 aliphatic heterocycles. The Balaban J connectivity index is 1.81. The Labute approximate surface area is 153 Å². The lowest BCUT2D eigenvalue weighted by Gasteiger charge is -2.15. The summed E-state index contributed by atoms with van der Waals surface area (Å²) in [6.45, 7) is 2.00. The van der Waals surface area contributed by atoms with E-state index in [4.69, 9.17) is 9.88 Å². The number of allylic oxidation sites excluding steroid dienone is 1. The van der Waals surface area contributed by atoms with Crippen LogP contribution in [0.5, 0.6) is 0 Å². The van der Waals surface area contributed by atoms with Gasteiger partial charge in [-0.2, -0.15) is 0 Å². The Bertz CT molecular complexity index is 784. The number of rotatable bonds is 7. The highest BCUT2D eigenvalue weighted by atomic mass is 32.2. The molecule has 2 rings (SSSR count). The van der Waals surface area contributed by atoms with Crippen LogP contribution in [0.15, 0.2) is 40.8 Å². The van der Waals surface area contributed by atoms with Crippen molar-refractivity contribution >= 4 is 21.9 Å². The SMILES string of the molecule is C[C@H](OC(=O)c1ccc(S(N)(=O)=O)cc1)C(=O)NCCC1=CCCCC1. The van der Waals surface area contributed by atoms with Gasteiger partial charge >= 0.3 is 5.97 Å². The first-order chi connectivity index (χ1) is 12.3. The van der Waals surface area contributed by atoms with Gasteiger partial charge < -0.3 is 10.1 Å². The molecule has 1 aromatic rings. The van der Waals surface area contributed by atoms with Gasteiger partial charge in [-0.05, 0) is 63.3 Å². The van der Waals surface area contributed by atoms with Crippen LogP contribution in [0.2, 0.25) is 0 Å². The topological polar surface area (TPSA) is 116 Å². The molecule has 1 atom stereocenters. The number of hydrogen-bond acceptors (Lipinski definition) is 5. The highest BCUT2D eigenvalue weighted by Crippen LogP contribution is 2.19. The molecule has 1 aliphatic rings. The summed E-state index contributed by atoms with van der Waals surface area (Å²) in [5.41, 5.74) is 1.50. The van der Waals surface area contributed by atoms with E-state index in [0.29, 0.717) is 6.54 Å². The molecule has 0 spiro atoms. The Hall–Kier alpha value is -2.19. The number of hydrogen-bond donors (Lipinski definition) is 2. The fourth-order valence-electron chi connectivity index (χ4n) is 2.68. The van der Waals surface area contributed by atoms with Crippen molar-refractivity contribution in [2.24, 2.45) is 5.14 Å². The molecule has 0 bridgehead atoms. The standard InChI is InChI=1S/C18H24N2O5S/c1-13(17(21)20-12-11-14-5-3-2-4-6-14)25-18(22)15-7-9-16(10-8-15)26(19,23)24/h5,7-10,13H,2-4,6,11-12H2,1H3,(H,20,21)(H2,19,23,24)/t13-/m0/s1. The van der Waals surface area contributed by atoms with E-state index < -0.39 is 22.1 Å². The molecule has 0 saturated heterocycles. The molecule has 142 valence electrons. The van der Waals surface area contributed by atoms with Gasteiger partial charge in [-0.3, -0.25) is 4.79 Å². The molecule has 0 unspecified atom stereocenters. The van der Waals surface area contributed by atoms with Crippen LogP contribution in [0.25, 0.3) is 0 Å². The van der Waals surface area contributed by atoms with Gasteiger partial charge in [-0.25, -0.2) is 18.4 Å². The molecule has 0 fully saturated rings. The van der Waals surface area contributed by atoms with E-state index in [9.17, 15) is 18.0 Å². The lowest BCUT2D eigenvalue weighted by atomic mass is 9.97. The Kier molecular flexibility index (Phi) is 6.93. The maximum absolute atomic E-state index is 12.0. The summed E-state index contributed by atoms with van der Waals surface area (Å²) in [6.07, 6.45) is 6.68. The predicted molar refractivity (Wildman–Crippen MR) is 96.9 cm³/mol. The van der Waals surface area contributed by atoms with Crippen molar-refractivity contribution in [2.75, 3.05) is 6.54 Å². The maximum atomic E-state index is 12.0. The Morgan fingerprint density at radius 1 is 1.23 bits per heavy atom. The number of esters is 1. The molecule has 8 heteroatoms. The van der Waals surface area contributed by atoms with Crippen molar-refractivity contribution in [3.63, 3.8) is 0 Å². The molecule has 0 saturated carbocycles. The fraction of sp³-hybridized carbons (Fsp3) is 0.444. The average Bonchev–Trinajstić information content (AvgIpc) is 2.61. The number of amides is 1. The van der Waals surface area contributed by atoms with Crippen LogP contribution in [-0.2, 0) is 19.6 Å². The van der Waals surface area contributed by atoms with E-state index in [1.54, 1.807) is 0 Å². The third-order valence-electron chi connectivity index (χ3n) is 4.20. The van der Waals surface area contributed by atoms with Crippen molar-refractivity contribution in [3.05, 3.63) is 41.5 Å². The van der Waals surface area contributed by atoms with Gasteiger partial charge in [0.15, 0.2) is 6.10 Å². The largest absolute Gasteiger partial charge is 0.449 e. The highest BCUT2D eigenvalue weighted by Gasteiger charge is 2.19. The van der Waals surface area contributed by atoms with Crippen LogP contribution in [0, 0.1) is 0 Å². The first kappa shape index (κ1) is 20.1. The lowest BCUT2D eigenvalue weighted by Crippen LogP contribution is -2.36. The van der Waals surface area contributed by atoms with Crippen LogP contribution >= 0.6 is 0 Å². The fourth-order valence-corrected chi connectivity index (χ4v) is 3.20. The molecule has 0 aromatic heterocycles. The minimum absolute atomic E-state index is 0.100. The molecule has 0 heterocycles. The monoisotopic (exact) mass is 380 g/mol. The first-order valence-electron chi connectivity index (χ1n) is 8.57. The summed E-state index contributed by atoms with van der Waals surface area (Å²) in [4.78, 5) is 24.0. The Morgan fingerprint density at radius 3 is 2.50 bits per heavy atom. The van der Waals surface area contributed by atoms with Crippen LogP contribution in [0.3, 0.4) is 0 Å². The molecule has 26 heavy (non-hydrogen) atoms. The van der Waals surface area contributed by atoms with Crippen LogP contribution in [0.4, 0.5) is 0 Å². The number of nitrogens with two attached hydrogens (primary N) is 1. The predicted octanol–water partition coefficient (Wildman–Crippen LogP) is 1.89. The van der Waals surface area contributed by atoms with Gasteiger partial charge in [0.25, 0.3) is 5.91 Å². The number of ether oxygens (including phenoxy) is 1. The van der Waals surface area contributed by atoms with Crippen LogP contribution < -0.4 is 10.5 Å². The van der Waals surface area contributed by atoms with Crippen molar-refractivity contribution < 1.29 is 22.7 Å². The molecular weight excluding hydrogens is 356 g/mol. The minimum Gasteiger partial charge on any atom is -0.449 e. The van der Waals surface area contributed by atoms with E-state index in [1.807, 2.05) is 0 Å². The van der Waals surface area contributed by atoms with Crippen molar-refractivity contribution in [1.29, 1.82) is 0 Å². The molecule has 1 aliphatic carbocycles. The molecule has 1 amide bonds. The third-order valence-corrected chi connectivity index (χ3v) is 5.13. The number of benzene rings is 1. The van der Waals surface area contributed by atoms with Crippen LogP contribution in [0.1, 0.15) is 49.4 Å². The van der Waals surface area contributed by atoms with Crippen molar-refractivity contribution in [1.82, 2.24) is 5.32 Å². The zero-order valence-corrected chi connectivity index (χ0v) is 15.6. The maximum Gasteiger partial charge on any atom is 0.338 e. The summed E-state index contributed by atoms with van der Waals surface area (Å²) in [5.74, 6) is -1.07. The first-order valence-corrected chi connectivity index (χ1v) is 10.1. The molecular formula is C18H24N2O5S. The summed E-state index contributed by atoms with van der Waals surface area (Å²) < 4.78 is 27.5. The second kappa shape index (κ2) is 8.95. The number of sulfonamides is 1. The van der Waals surface area contributed by atoms with Gasteiger partial charge in [0.1, 0.15) is 0 Å². The Morgan fingerprint density at radius 2 is 1.92 bits per heavy atom. The van der Waals surface area contributed by atoms with Gasteiger partial charge in [0, 0.05) is 6.54 Å². The highest BCUT2D eigenvalue weighted by molar-refractivity contribution is 7.89. The van der Waals surface area contributed by atoms with E-state index >= 15 is 0 Å². The minimum atomic E-state index is -3.82. The second-order valence-electron chi connectivity index (χ2n) is 6.27. The number of nitrogens with one attached hydrogen (secondary N) is 1. The van der Waals surface area contributed by atoms with E-state index in [0.717, 1.165) is 19.3 Å². The molecule has 0 radical (unpaired) electrons. The average molecular weight is 380 g/mol. The summed E-state index contributed by atoms with van der Waals surface area (Å²) in [7, 11) is -3.82.